The second-order valence-corrected chi connectivity index (χ2v) is 10.3. The summed E-state index contributed by atoms with van der Waals surface area (Å²) in [5, 5.41) is 3.80. The van der Waals surface area contributed by atoms with Gasteiger partial charge in [0, 0.05) is 6.21 Å². The standard InChI is InChI=1S/C26H23NOSi/c1-28-23-19-17-22(18-20-23)21-27-29(24-11-5-2-6-12-24,25-13-7-3-8-14-25)26-15-9-4-10-16-26/h2-21H,1H3/b27-21+. The number of nitrogens with zero attached hydrogens (tertiary/aromatic N) is 1. The molecule has 0 N–H and O–H groups in total. The van der Waals surface area contributed by atoms with E-state index in [1.165, 1.54) is 15.6 Å². The van der Waals surface area contributed by atoms with Crippen molar-refractivity contribution >= 4 is 30.0 Å². The molecule has 0 heterocycles. The van der Waals surface area contributed by atoms with Crippen molar-refractivity contribution in [2.75, 3.05) is 7.11 Å². The third-order valence-corrected chi connectivity index (χ3v) is 9.12. The van der Waals surface area contributed by atoms with Crippen LogP contribution < -0.4 is 20.3 Å². The molecule has 4 aromatic rings. The maximum atomic E-state index is 5.36. The minimum Gasteiger partial charge on any atom is -0.497 e. The van der Waals surface area contributed by atoms with Crippen LogP contribution in [0.3, 0.4) is 0 Å². The van der Waals surface area contributed by atoms with Gasteiger partial charge in [0.05, 0.1) is 7.11 Å². The van der Waals surface area contributed by atoms with E-state index in [-0.39, 0.29) is 0 Å². The van der Waals surface area contributed by atoms with Crippen LogP contribution in [0.25, 0.3) is 0 Å². The molecule has 0 unspecified atom stereocenters. The van der Waals surface area contributed by atoms with Crippen LogP contribution in [0.15, 0.2) is 120 Å². The van der Waals surface area contributed by atoms with Crippen LogP contribution in [0.5, 0.6) is 5.75 Å². The van der Waals surface area contributed by atoms with E-state index < -0.39 is 8.24 Å². The number of ether oxygens (including phenoxy) is 1. The molecule has 4 aromatic carbocycles. The number of hydrogen-bond donors (Lipinski definition) is 0. The average molecular weight is 394 g/mol. The van der Waals surface area contributed by atoms with E-state index in [1.54, 1.807) is 7.11 Å². The summed E-state index contributed by atoms with van der Waals surface area (Å²) in [4.78, 5) is 0. The minimum absolute atomic E-state index is 0.847. The highest BCUT2D eigenvalue weighted by Crippen LogP contribution is 2.13. The van der Waals surface area contributed by atoms with Gasteiger partial charge in [-0.05, 0) is 45.4 Å². The van der Waals surface area contributed by atoms with Crippen molar-refractivity contribution in [2.45, 2.75) is 0 Å². The van der Waals surface area contributed by atoms with Crippen LogP contribution in [-0.2, 0) is 0 Å². The smallest absolute Gasteiger partial charge is 0.273 e. The molecule has 142 valence electrons. The molecule has 2 nitrogen and oxygen atoms in total. The van der Waals surface area contributed by atoms with Crippen molar-refractivity contribution in [1.82, 2.24) is 0 Å². The van der Waals surface area contributed by atoms with Crippen molar-refractivity contribution in [1.29, 1.82) is 0 Å². The molecule has 0 spiro atoms. The second kappa shape index (κ2) is 8.72. The topological polar surface area (TPSA) is 21.6 Å². The van der Waals surface area contributed by atoms with E-state index in [0.717, 1.165) is 11.3 Å². The highest BCUT2D eigenvalue weighted by atomic mass is 28.3. The summed E-state index contributed by atoms with van der Waals surface area (Å²) in [6, 6.07) is 40.1. The Kier molecular flexibility index (Phi) is 5.68. The Morgan fingerprint density at radius 3 is 1.38 bits per heavy atom. The van der Waals surface area contributed by atoms with Crippen molar-refractivity contribution in [2.24, 2.45) is 4.66 Å². The van der Waals surface area contributed by atoms with Gasteiger partial charge < -0.3 is 9.39 Å². The fraction of sp³-hybridized carbons (Fsp3) is 0.0385. The molecule has 29 heavy (non-hydrogen) atoms. The molecule has 0 fully saturated rings. The van der Waals surface area contributed by atoms with Crippen molar-refractivity contribution in [3.05, 3.63) is 121 Å². The zero-order chi connectivity index (χ0) is 19.9. The maximum absolute atomic E-state index is 5.36. The molecule has 0 aliphatic rings. The largest absolute Gasteiger partial charge is 0.497 e. The third-order valence-electron chi connectivity index (χ3n) is 5.10. The van der Waals surface area contributed by atoms with Crippen LogP contribution >= 0.6 is 0 Å². The predicted molar refractivity (Wildman–Crippen MR) is 125 cm³/mol. The van der Waals surface area contributed by atoms with Gasteiger partial charge in [0.25, 0.3) is 8.24 Å². The fourth-order valence-electron chi connectivity index (χ4n) is 3.62. The van der Waals surface area contributed by atoms with Gasteiger partial charge in [0.15, 0.2) is 0 Å². The second-order valence-electron chi connectivity index (χ2n) is 6.84. The van der Waals surface area contributed by atoms with E-state index in [0.29, 0.717) is 0 Å². The monoisotopic (exact) mass is 393 g/mol. The summed E-state index contributed by atoms with van der Waals surface area (Å²) in [5.41, 5.74) is 1.06. The van der Waals surface area contributed by atoms with Crippen LogP contribution in [-0.4, -0.2) is 21.6 Å². The van der Waals surface area contributed by atoms with Gasteiger partial charge in [-0.15, -0.1) is 0 Å². The number of methoxy groups -OCH3 is 1. The minimum atomic E-state index is -2.59. The lowest BCUT2D eigenvalue weighted by Crippen LogP contribution is -2.66. The lowest BCUT2D eigenvalue weighted by Gasteiger charge is -2.29. The highest BCUT2D eigenvalue weighted by molar-refractivity contribution is 7.10. The zero-order valence-electron chi connectivity index (χ0n) is 16.4. The van der Waals surface area contributed by atoms with Gasteiger partial charge in [-0.3, -0.25) is 0 Å². The van der Waals surface area contributed by atoms with E-state index in [9.17, 15) is 0 Å². The Morgan fingerprint density at radius 2 is 1.00 bits per heavy atom. The SMILES string of the molecule is COc1ccc(/C=N/[Si](c2ccccc2)(c2ccccc2)c2ccccc2)cc1. The Balaban J connectivity index is 1.93. The number of benzene rings is 4. The molecule has 0 saturated carbocycles. The molecular weight excluding hydrogens is 370 g/mol. The Morgan fingerprint density at radius 1 is 0.586 bits per heavy atom. The molecule has 0 aromatic heterocycles. The quantitative estimate of drug-likeness (QED) is 0.278. The number of rotatable bonds is 6. The number of hydrogen-bond acceptors (Lipinski definition) is 2. The summed E-state index contributed by atoms with van der Waals surface area (Å²) in [6.07, 6.45) is 2.01. The molecule has 3 heteroatoms. The van der Waals surface area contributed by atoms with Crippen LogP contribution in [0.4, 0.5) is 0 Å². The molecule has 0 amide bonds. The zero-order valence-corrected chi connectivity index (χ0v) is 17.4. The predicted octanol–water partition coefficient (Wildman–Crippen LogP) is 3.78. The van der Waals surface area contributed by atoms with Crippen LogP contribution in [0, 0.1) is 0 Å². The Bertz CT molecular complexity index is 965. The van der Waals surface area contributed by atoms with Gasteiger partial charge in [0.2, 0.25) is 0 Å². The molecule has 0 aliphatic carbocycles. The van der Waals surface area contributed by atoms with E-state index in [2.05, 4.69) is 91.0 Å². The van der Waals surface area contributed by atoms with E-state index in [4.69, 9.17) is 9.39 Å². The summed E-state index contributed by atoms with van der Waals surface area (Å²) >= 11 is 0. The Labute approximate surface area is 173 Å². The summed E-state index contributed by atoms with van der Waals surface area (Å²) in [5.74, 6) is 0.847. The van der Waals surface area contributed by atoms with Gasteiger partial charge in [0.1, 0.15) is 5.75 Å². The van der Waals surface area contributed by atoms with Crippen molar-refractivity contribution in [3.8, 4) is 5.75 Å². The van der Waals surface area contributed by atoms with Gasteiger partial charge in [-0.1, -0.05) is 91.0 Å². The first kappa shape index (κ1) is 18.9. The third kappa shape index (κ3) is 3.91. The van der Waals surface area contributed by atoms with E-state index in [1.807, 2.05) is 30.5 Å². The average Bonchev–Trinajstić information content (AvgIpc) is 2.82. The maximum Gasteiger partial charge on any atom is 0.273 e. The molecule has 0 aliphatic heterocycles. The van der Waals surface area contributed by atoms with E-state index >= 15 is 0 Å². The van der Waals surface area contributed by atoms with Crippen molar-refractivity contribution in [3.63, 3.8) is 0 Å². The highest BCUT2D eigenvalue weighted by Gasteiger charge is 2.39. The molecule has 4 rings (SSSR count). The van der Waals surface area contributed by atoms with Crippen LogP contribution in [0.1, 0.15) is 5.56 Å². The molecule has 0 saturated heterocycles. The van der Waals surface area contributed by atoms with Gasteiger partial charge >= 0.3 is 0 Å². The molecule has 0 bridgehead atoms. The summed E-state index contributed by atoms with van der Waals surface area (Å²) < 4.78 is 10.7. The summed E-state index contributed by atoms with van der Waals surface area (Å²) in [7, 11) is -0.909. The Hall–Kier alpha value is -3.43. The molecular formula is C26H23NOSi. The van der Waals surface area contributed by atoms with Crippen LogP contribution in [0.2, 0.25) is 0 Å². The normalized spacial score (nSPS) is 11.5. The summed E-state index contributed by atoms with van der Waals surface area (Å²) in [6.45, 7) is 0. The first-order valence-corrected chi connectivity index (χ1v) is 11.6. The lowest BCUT2D eigenvalue weighted by molar-refractivity contribution is 0.415. The first-order chi connectivity index (χ1) is 14.3. The fourth-order valence-corrected chi connectivity index (χ4v) is 7.44. The van der Waals surface area contributed by atoms with Crippen molar-refractivity contribution < 1.29 is 4.74 Å². The lowest BCUT2D eigenvalue weighted by atomic mass is 10.2. The molecule has 0 atom stereocenters. The van der Waals surface area contributed by atoms with Gasteiger partial charge in [-0.25, -0.2) is 0 Å². The first-order valence-electron chi connectivity index (χ1n) is 9.69. The molecule has 0 radical (unpaired) electrons. The van der Waals surface area contributed by atoms with Gasteiger partial charge in [-0.2, -0.15) is 0 Å².